The Balaban J connectivity index is 2.17. The first kappa shape index (κ1) is 8.28. The zero-order valence-corrected chi connectivity index (χ0v) is 7.40. The van der Waals surface area contributed by atoms with Crippen LogP contribution in [0, 0.1) is 17.2 Å². The quantitative estimate of drug-likeness (QED) is 0.741. The van der Waals surface area contributed by atoms with Gasteiger partial charge in [0.15, 0.2) is 0 Å². The van der Waals surface area contributed by atoms with E-state index in [-0.39, 0.29) is 6.04 Å². The molecule has 13 heavy (non-hydrogen) atoms. The van der Waals surface area contributed by atoms with Gasteiger partial charge in [-0.25, -0.2) is 0 Å². The lowest BCUT2D eigenvalue weighted by Crippen LogP contribution is -2.11. The molecule has 1 aromatic carbocycles. The first-order valence-electron chi connectivity index (χ1n) is 4.57. The monoisotopic (exact) mass is 172 g/mol. The Morgan fingerprint density at radius 3 is 2.38 bits per heavy atom. The lowest BCUT2D eigenvalue weighted by atomic mass is 10.0. The largest absolute Gasteiger partial charge is 0.324 e. The van der Waals surface area contributed by atoms with Crippen LogP contribution in [0.25, 0.3) is 0 Å². The van der Waals surface area contributed by atoms with E-state index in [1.165, 1.54) is 12.8 Å². The van der Waals surface area contributed by atoms with E-state index in [4.69, 9.17) is 11.0 Å². The lowest BCUT2D eigenvalue weighted by molar-refractivity contribution is 0.633. The number of nitrogens with zero attached hydrogens (tertiary/aromatic N) is 1. The van der Waals surface area contributed by atoms with Gasteiger partial charge in [0.1, 0.15) is 0 Å². The van der Waals surface area contributed by atoms with Crippen LogP contribution in [0.5, 0.6) is 0 Å². The highest BCUT2D eigenvalue weighted by Gasteiger charge is 2.29. The Morgan fingerprint density at radius 2 is 1.92 bits per heavy atom. The SMILES string of the molecule is N#Cc1ccc(C(N)C2CC2)cc1. The second-order valence-corrected chi connectivity index (χ2v) is 3.60. The summed E-state index contributed by atoms with van der Waals surface area (Å²) in [6.45, 7) is 0. The third-order valence-corrected chi connectivity index (χ3v) is 2.55. The summed E-state index contributed by atoms with van der Waals surface area (Å²) >= 11 is 0. The summed E-state index contributed by atoms with van der Waals surface area (Å²) in [4.78, 5) is 0. The predicted octanol–water partition coefficient (Wildman–Crippen LogP) is 1.97. The van der Waals surface area contributed by atoms with Crippen molar-refractivity contribution in [2.45, 2.75) is 18.9 Å². The summed E-state index contributed by atoms with van der Waals surface area (Å²) in [6, 6.07) is 9.85. The van der Waals surface area contributed by atoms with Gasteiger partial charge in [-0.3, -0.25) is 0 Å². The fourth-order valence-corrected chi connectivity index (χ4v) is 1.51. The number of nitriles is 1. The minimum atomic E-state index is 0.174. The summed E-state index contributed by atoms with van der Waals surface area (Å²) in [6.07, 6.45) is 2.50. The molecule has 1 aromatic rings. The van der Waals surface area contributed by atoms with E-state index < -0.39 is 0 Å². The van der Waals surface area contributed by atoms with Crippen LogP contribution in [0.4, 0.5) is 0 Å². The van der Waals surface area contributed by atoms with Gasteiger partial charge in [-0.15, -0.1) is 0 Å². The van der Waals surface area contributed by atoms with Crippen LogP contribution < -0.4 is 5.73 Å². The van der Waals surface area contributed by atoms with Crippen LogP contribution in [0.3, 0.4) is 0 Å². The minimum Gasteiger partial charge on any atom is -0.324 e. The van der Waals surface area contributed by atoms with Gasteiger partial charge in [0.2, 0.25) is 0 Å². The number of hydrogen-bond acceptors (Lipinski definition) is 2. The molecule has 0 aliphatic heterocycles. The van der Waals surface area contributed by atoms with Gasteiger partial charge >= 0.3 is 0 Å². The average molecular weight is 172 g/mol. The first-order chi connectivity index (χ1) is 6.31. The molecule has 2 N–H and O–H groups in total. The van der Waals surface area contributed by atoms with Gasteiger partial charge < -0.3 is 5.73 Å². The summed E-state index contributed by atoms with van der Waals surface area (Å²) in [5.74, 6) is 0.674. The molecule has 66 valence electrons. The van der Waals surface area contributed by atoms with Crippen molar-refractivity contribution in [2.24, 2.45) is 11.7 Å². The number of nitrogens with two attached hydrogens (primary N) is 1. The molecule has 1 aliphatic carbocycles. The summed E-state index contributed by atoms with van der Waals surface area (Å²) in [5.41, 5.74) is 7.86. The first-order valence-corrected chi connectivity index (χ1v) is 4.57. The third kappa shape index (κ3) is 1.71. The molecule has 2 nitrogen and oxygen atoms in total. The maximum atomic E-state index is 8.61. The van der Waals surface area contributed by atoms with Crippen molar-refractivity contribution in [2.75, 3.05) is 0 Å². The van der Waals surface area contributed by atoms with E-state index >= 15 is 0 Å². The highest BCUT2D eigenvalue weighted by atomic mass is 14.7. The summed E-state index contributed by atoms with van der Waals surface area (Å²) in [5, 5.41) is 8.61. The zero-order valence-electron chi connectivity index (χ0n) is 7.40. The molecule has 1 unspecified atom stereocenters. The molecule has 1 fully saturated rings. The average Bonchev–Trinajstić information content (AvgIpc) is 3.00. The van der Waals surface area contributed by atoms with E-state index in [0.29, 0.717) is 11.5 Å². The molecule has 2 rings (SSSR count). The molecule has 0 heterocycles. The molecule has 2 heteroatoms. The van der Waals surface area contributed by atoms with Crippen molar-refractivity contribution < 1.29 is 0 Å². The Kier molecular flexibility index (Phi) is 2.03. The fourth-order valence-electron chi connectivity index (χ4n) is 1.51. The van der Waals surface area contributed by atoms with Crippen molar-refractivity contribution >= 4 is 0 Å². The van der Waals surface area contributed by atoms with E-state index in [1.54, 1.807) is 0 Å². The smallest absolute Gasteiger partial charge is 0.0991 e. The van der Waals surface area contributed by atoms with E-state index in [1.807, 2.05) is 24.3 Å². The fraction of sp³-hybridized carbons (Fsp3) is 0.364. The van der Waals surface area contributed by atoms with Crippen molar-refractivity contribution in [3.05, 3.63) is 35.4 Å². The standard InChI is InChI=1S/C11H12N2/c12-7-8-1-3-9(4-2-8)11(13)10-5-6-10/h1-4,10-11H,5-6,13H2. The van der Waals surface area contributed by atoms with Crippen LogP contribution >= 0.6 is 0 Å². The molecule has 0 amide bonds. The number of benzene rings is 1. The molecular formula is C11H12N2. The molecular weight excluding hydrogens is 160 g/mol. The summed E-state index contributed by atoms with van der Waals surface area (Å²) in [7, 11) is 0. The van der Waals surface area contributed by atoms with Gasteiger partial charge in [0.25, 0.3) is 0 Å². The lowest BCUT2D eigenvalue weighted by Gasteiger charge is -2.09. The van der Waals surface area contributed by atoms with Crippen LogP contribution in [-0.2, 0) is 0 Å². The molecule has 0 radical (unpaired) electrons. The van der Waals surface area contributed by atoms with Crippen molar-refractivity contribution in [3.8, 4) is 6.07 Å². The Hall–Kier alpha value is -1.33. The molecule has 0 aromatic heterocycles. The Bertz CT molecular complexity index is 330. The molecule has 1 atom stereocenters. The van der Waals surface area contributed by atoms with Crippen LogP contribution in [0.2, 0.25) is 0 Å². The van der Waals surface area contributed by atoms with Crippen LogP contribution in [0.1, 0.15) is 30.0 Å². The van der Waals surface area contributed by atoms with Gasteiger partial charge in [-0.05, 0) is 36.5 Å². The topological polar surface area (TPSA) is 49.8 Å². The normalized spacial score (nSPS) is 17.8. The summed E-state index contributed by atoms with van der Waals surface area (Å²) < 4.78 is 0. The second-order valence-electron chi connectivity index (χ2n) is 3.60. The van der Waals surface area contributed by atoms with Gasteiger partial charge in [-0.1, -0.05) is 12.1 Å². The highest BCUT2D eigenvalue weighted by molar-refractivity contribution is 5.33. The van der Waals surface area contributed by atoms with E-state index in [2.05, 4.69) is 6.07 Å². The molecule has 0 bridgehead atoms. The highest BCUT2D eigenvalue weighted by Crippen LogP contribution is 2.39. The van der Waals surface area contributed by atoms with Gasteiger partial charge in [0, 0.05) is 6.04 Å². The number of hydrogen-bond donors (Lipinski definition) is 1. The maximum Gasteiger partial charge on any atom is 0.0991 e. The zero-order chi connectivity index (χ0) is 9.26. The van der Waals surface area contributed by atoms with Crippen molar-refractivity contribution in [3.63, 3.8) is 0 Å². The minimum absolute atomic E-state index is 0.174. The molecule has 0 spiro atoms. The molecule has 1 saturated carbocycles. The number of rotatable bonds is 2. The Labute approximate surface area is 78.0 Å². The van der Waals surface area contributed by atoms with E-state index in [9.17, 15) is 0 Å². The maximum absolute atomic E-state index is 8.61. The third-order valence-electron chi connectivity index (χ3n) is 2.55. The second kappa shape index (κ2) is 3.20. The molecule has 0 saturated heterocycles. The van der Waals surface area contributed by atoms with Crippen molar-refractivity contribution in [1.82, 2.24) is 0 Å². The van der Waals surface area contributed by atoms with Crippen LogP contribution in [0.15, 0.2) is 24.3 Å². The van der Waals surface area contributed by atoms with Crippen molar-refractivity contribution in [1.29, 1.82) is 5.26 Å². The predicted molar refractivity (Wildman–Crippen MR) is 50.8 cm³/mol. The van der Waals surface area contributed by atoms with E-state index in [0.717, 1.165) is 5.56 Å². The molecule has 1 aliphatic rings. The van der Waals surface area contributed by atoms with Gasteiger partial charge in [-0.2, -0.15) is 5.26 Å². The van der Waals surface area contributed by atoms with Gasteiger partial charge in [0.05, 0.1) is 11.6 Å². The van der Waals surface area contributed by atoms with Crippen LogP contribution in [-0.4, -0.2) is 0 Å². The Morgan fingerprint density at radius 1 is 1.31 bits per heavy atom.